The number of rotatable bonds is 1. The summed E-state index contributed by atoms with van der Waals surface area (Å²) in [6.45, 7) is 0. The summed E-state index contributed by atoms with van der Waals surface area (Å²) in [5.74, 6) is -0.850. The number of benzene rings is 1. The highest BCUT2D eigenvalue weighted by atomic mass is 35.5. The minimum absolute atomic E-state index is 0.0281. The molecule has 0 spiro atoms. The van der Waals surface area contributed by atoms with Crippen molar-refractivity contribution < 1.29 is 9.18 Å². The predicted molar refractivity (Wildman–Crippen MR) is 67.7 cm³/mol. The Kier molecular flexibility index (Phi) is 3.28. The summed E-state index contributed by atoms with van der Waals surface area (Å²) in [6.07, 6.45) is 1.43. The highest BCUT2D eigenvalue weighted by molar-refractivity contribution is 8.26. The van der Waals surface area contributed by atoms with Crippen LogP contribution in [0.2, 0.25) is 5.02 Å². The summed E-state index contributed by atoms with van der Waals surface area (Å²) in [7, 11) is 0. The van der Waals surface area contributed by atoms with Crippen molar-refractivity contribution in [1.29, 1.82) is 0 Å². The van der Waals surface area contributed by atoms with Crippen LogP contribution in [-0.4, -0.2) is 10.2 Å². The fraction of sp³-hybridized carbons (Fsp3) is 0. The van der Waals surface area contributed by atoms with Crippen molar-refractivity contribution in [1.82, 2.24) is 5.32 Å². The number of carbonyl (C=O) groups is 1. The SMILES string of the molecule is O=C1NC(=S)S/C1=C\c1cccc(Cl)c1F. The van der Waals surface area contributed by atoms with Crippen LogP contribution in [0.4, 0.5) is 4.39 Å². The number of thioether (sulfide) groups is 1. The zero-order valence-electron chi connectivity index (χ0n) is 7.79. The lowest BCUT2D eigenvalue weighted by atomic mass is 10.2. The van der Waals surface area contributed by atoms with Gasteiger partial charge in [-0.2, -0.15) is 0 Å². The third kappa shape index (κ3) is 2.26. The number of hydrogen-bond donors (Lipinski definition) is 1. The smallest absolute Gasteiger partial charge is 0.263 e. The van der Waals surface area contributed by atoms with E-state index in [9.17, 15) is 9.18 Å². The van der Waals surface area contributed by atoms with E-state index < -0.39 is 5.82 Å². The van der Waals surface area contributed by atoms with Crippen LogP contribution in [0, 0.1) is 5.82 Å². The molecule has 1 saturated heterocycles. The van der Waals surface area contributed by atoms with Gasteiger partial charge in [0.2, 0.25) is 0 Å². The Morgan fingerprint density at radius 2 is 2.25 bits per heavy atom. The molecule has 0 aromatic heterocycles. The normalized spacial score (nSPS) is 18.0. The summed E-state index contributed by atoms with van der Waals surface area (Å²) >= 11 is 11.6. The predicted octanol–water partition coefficient (Wildman–Crippen LogP) is 2.97. The molecule has 16 heavy (non-hydrogen) atoms. The molecular formula is C10H5ClFNOS2. The maximum absolute atomic E-state index is 13.5. The zero-order chi connectivity index (χ0) is 11.7. The highest BCUT2D eigenvalue weighted by Gasteiger charge is 2.22. The van der Waals surface area contributed by atoms with Gasteiger partial charge < -0.3 is 5.32 Å². The molecule has 1 aromatic rings. The Balaban J connectivity index is 2.40. The van der Waals surface area contributed by atoms with Crippen molar-refractivity contribution in [3.63, 3.8) is 0 Å². The number of thiocarbonyl (C=S) groups is 1. The number of nitrogens with one attached hydrogen (secondary N) is 1. The van der Waals surface area contributed by atoms with Crippen molar-refractivity contribution in [2.24, 2.45) is 0 Å². The van der Waals surface area contributed by atoms with E-state index in [1.54, 1.807) is 12.1 Å². The molecule has 1 aliphatic rings. The summed E-state index contributed by atoms with van der Waals surface area (Å²) in [5, 5.41) is 2.48. The van der Waals surface area contributed by atoms with E-state index in [4.69, 9.17) is 23.8 Å². The third-order valence-corrected chi connectivity index (χ3v) is 3.36. The van der Waals surface area contributed by atoms with E-state index in [-0.39, 0.29) is 16.5 Å². The number of hydrogen-bond acceptors (Lipinski definition) is 3. The maximum atomic E-state index is 13.5. The van der Waals surface area contributed by atoms with Crippen molar-refractivity contribution in [3.05, 3.63) is 39.5 Å². The molecule has 2 nitrogen and oxygen atoms in total. The Hall–Kier alpha value is -0.910. The molecule has 1 heterocycles. The number of amides is 1. The van der Waals surface area contributed by atoms with Gasteiger partial charge in [-0.3, -0.25) is 4.79 Å². The van der Waals surface area contributed by atoms with Crippen LogP contribution in [0.5, 0.6) is 0 Å². The lowest BCUT2D eigenvalue weighted by Crippen LogP contribution is -2.17. The molecule has 2 rings (SSSR count). The fourth-order valence-electron chi connectivity index (χ4n) is 1.19. The van der Waals surface area contributed by atoms with Gasteiger partial charge in [-0.1, -0.05) is 47.7 Å². The first-order chi connectivity index (χ1) is 7.58. The van der Waals surface area contributed by atoms with Gasteiger partial charge in [-0.25, -0.2) is 4.39 Å². The van der Waals surface area contributed by atoms with E-state index in [2.05, 4.69) is 5.32 Å². The Labute approximate surface area is 106 Å². The largest absolute Gasteiger partial charge is 0.307 e. The third-order valence-electron chi connectivity index (χ3n) is 1.91. The second kappa shape index (κ2) is 4.53. The van der Waals surface area contributed by atoms with Crippen LogP contribution < -0.4 is 5.32 Å². The first-order valence-electron chi connectivity index (χ1n) is 4.27. The van der Waals surface area contributed by atoms with Gasteiger partial charge in [-0.15, -0.1) is 0 Å². The quantitative estimate of drug-likeness (QED) is 0.630. The lowest BCUT2D eigenvalue weighted by molar-refractivity contribution is -0.115. The molecule has 0 unspecified atom stereocenters. The first-order valence-corrected chi connectivity index (χ1v) is 5.87. The molecule has 1 amide bonds. The molecule has 1 fully saturated rings. The van der Waals surface area contributed by atoms with Gasteiger partial charge >= 0.3 is 0 Å². The summed E-state index contributed by atoms with van der Waals surface area (Å²) < 4.78 is 13.9. The van der Waals surface area contributed by atoms with Crippen LogP contribution >= 0.6 is 35.6 Å². The molecule has 1 aliphatic heterocycles. The van der Waals surface area contributed by atoms with E-state index >= 15 is 0 Å². The van der Waals surface area contributed by atoms with Crippen LogP contribution in [-0.2, 0) is 4.79 Å². The lowest BCUT2D eigenvalue weighted by Gasteiger charge is -1.99. The minimum atomic E-state index is -0.539. The Bertz CT molecular complexity index is 516. The maximum Gasteiger partial charge on any atom is 0.263 e. The molecule has 6 heteroatoms. The standard InChI is InChI=1S/C10H5ClFNOS2/c11-6-3-1-2-5(8(6)12)4-7-9(14)13-10(15)16-7/h1-4H,(H,13,14,15)/b7-4-. The monoisotopic (exact) mass is 273 g/mol. The molecule has 0 saturated carbocycles. The van der Waals surface area contributed by atoms with E-state index in [1.165, 1.54) is 12.1 Å². The Morgan fingerprint density at radius 1 is 1.50 bits per heavy atom. The molecule has 1 N–H and O–H groups in total. The van der Waals surface area contributed by atoms with Gasteiger partial charge in [0.05, 0.1) is 9.93 Å². The topological polar surface area (TPSA) is 29.1 Å². The van der Waals surface area contributed by atoms with Gasteiger partial charge in [0.25, 0.3) is 5.91 Å². The van der Waals surface area contributed by atoms with E-state index in [0.717, 1.165) is 11.8 Å². The van der Waals surface area contributed by atoms with Crippen LogP contribution in [0.25, 0.3) is 6.08 Å². The molecule has 82 valence electrons. The van der Waals surface area contributed by atoms with Crippen molar-refractivity contribution in [2.75, 3.05) is 0 Å². The summed E-state index contributed by atoms with van der Waals surface area (Å²) in [5.41, 5.74) is 0.273. The number of carbonyl (C=O) groups excluding carboxylic acids is 1. The molecule has 0 atom stereocenters. The van der Waals surface area contributed by atoms with Gasteiger partial charge in [0, 0.05) is 5.56 Å². The number of halogens is 2. The van der Waals surface area contributed by atoms with Crippen molar-refractivity contribution in [2.45, 2.75) is 0 Å². The van der Waals surface area contributed by atoms with Crippen molar-refractivity contribution >= 4 is 51.9 Å². The second-order valence-electron chi connectivity index (χ2n) is 3.00. The minimum Gasteiger partial charge on any atom is -0.307 e. The molecule has 0 radical (unpaired) electrons. The second-order valence-corrected chi connectivity index (χ2v) is 5.12. The highest BCUT2D eigenvalue weighted by Crippen LogP contribution is 2.28. The summed E-state index contributed by atoms with van der Waals surface area (Å²) in [4.78, 5) is 11.7. The average molecular weight is 274 g/mol. The van der Waals surface area contributed by atoms with Gasteiger partial charge in [-0.05, 0) is 12.1 Å². The Morgan fingerprint density at radius 3 is 2.88 bits per heavy atom. The zero-order valence-corrected chi connectivity index (χ0v) is 10.2. The molecular weight excluding hydrogens is 269 g/mol. The first kappa shape index (κ1) is 11.6. The van der Waals surface area contributed by atoms with Crippen molar-refractivity contribution in [3.8, 4) is 0 Å². The van der Waals surface area contributed by atoms with E-state index in [1.807, 2.05) is 0 Å². The van der Waals surface area contributed by atoms with Crippen LogP contribution in [0.3, 0.4) is 0 Å². The van der Waals surface area contributed by atoms with Gasteiger partial charge in [0.1, 0.15) is 10.1 Å². The average Bonchev–Trinajstić information content (AvgIpc) is 2.53. The fourth-order valence-corrected chi connectivity index (χ4v) is 2.41. The van der Waals surface area contributed by atoms with E-state index in [0.29, 0.717) is 9.23 Å². The molecule has 1 aromatic carbocycles. The van der Waals surface area contributed by atoms with Crippen LogP contribution in [0.1, 0.15) is 5.56 Å². The molecule has 0 aliphatic carbocycles. The molecule has 0 bridgehead atoms. The van der Waals surface area contributed by atoms with Gasteiger partial charge in [0.15, 0.2) is 0 Å². The van der Waals surface area contributed by atoms with Crippen LogP contribution in [0.15, 0.2) is 23.1 Å². The summed E-state index contributed by atoms with van der Waals surface area (Å²) in [6, 6.07) is 4.61.